The molecule has 2 aliphatic rings. The number of aliphatic hydroxyl groups excluding tert-OH is 1. The van der Waals surface area contributed by atoms with Crippen molar-refractivity contribution in [1.29, 1.82) is 0 Å². The first-order valence-electron chi connectivity index (χ1n) is 6.22. The van der Waals surface area contributed by atoms with Crippen LogP contribution in [0.4, 0.5) is 9.93 Å². The molecule has 2 aliphatic carbocycles. The van der Waals surface area contributed by atoms with Crippen molar-refractivity contribution in [2.75, 3.05) is 11.9 Å². The van der Waals surface area contributed by atoms with Gasteiger partial charge in [0, 0.05) is 18.6 Å². The summed E-state index contributed by atoms with van der Waals surface area (Å²) in [7, 11) is 0. The van der Waals surface area contributed by atoms with Crippen molar-refractivity contribution in [3.8, 4) is 0 Å². The van der Waals surface area contributed by atoms with E-state index in [1.165, 1.54) is 17.8 Å². The number of anilines is 1. The minimum absolute atomic E-state index is 0.0988. The number of hydrogen-bond donors (Lipinski definition) is 3. The van der Waals surface area contributed by atoms with Gasteiger partial charge in [0.1, 0.15) is 5.51 Å². The Kier molecular flexibility index (Phi) is 3.17. The third-order valence-electron chi connectivity index (χ3n) is 4.18. The highest BCUT2D eigenvalue weighted by atomic mass is 32.1. The number of nitrogens with zero attached hydrogens (tertiary/aromatic N) is 2. The van der Waals surface area contributed by atoms with E-state index in [1.807, 2.05) is 0 Å². The summed E-state index contributed by atoms with van der Waals surface area (Å²) < 4.78 is 0. The molecule has 3 rings (SSSR count). The topological polar surface area (TPSA) is 87.1 Å². The first-order valence-corrected chi connectivity index (χ1v) is 7.10. The van der Waals surface area contributed by atoms with E-state index >= 15 is 0 Å². The summed E-state index contributed by atoms with van der Waals surface area (Å²) in [6.45, 7) is 0.158. The van der Waals surface area contributed by atoms with E-state index in [0.717, 1.165) is 12.8 Å². The molecule has 0 aliphatic heterocycles. The van der Waals surface area contributed by atoms with Crippen LogP contribution < -0.4 is 10.6 Å². The third-order valence-corrected chi connectivity index (χ3v) is 4.78. The van der Waals surface area contributed by atoms with Gasteiger partial charge in [0.15, 0.2) is 0 Å². The summed E-state index contributed by atoms with van der Waals surface area (Å²) in [5.41, 5.74) is 1.57. The Labute approximate surface area is 109 Å². The number of carbonyl (C=O) groups is 1. The number of carbonyl (C=O) groups excluding carboxylic acids is 1. The van der Waals surface area contributed by atoms with Crippen LogP contribution in [0.2, 0.25) is 0 Å². The Morgan fingerprint density at radius 2 is 2.33 bits per heavy atom. The zero-order chi connectivity index (χ0) is 12.5. The van der Waals surface area contributed by atoms with Gasteiger partial charge < -0.3 is 10.4 Å². The molecule has 6 nitrogen and oxygen atoms in total. The van der Waals surface area contributed by atoms with Crippen LogP contribution in [0.5, 0.6) is 0 Å². The fraction of sp³-hybridized carbons (Fsp3) is 0.727. The lowest BCUT2D eigenvalue weighted by atomic mass is 9.85. The molecule has 18 heavy (non-hydrogen) atoms. The lowest BCUT2D eigenvalue weighted by molar-refractivity contribution is 0.146. The van der Waals surface area contributed by atoms with E-state index in [4.69, 9.17) is 0 Å². The summed E-state index contributed by atoms with van der Waals surface area (Å²) in [6.07, 6.45) is 3.48. The number of nitrogens with one attached hydrogen (secondary N) is 2. The maximum absolute atomic E-state index is 11.8. The Bertz CT molecular complexity index is 425. The second-order valence-electron chi connectivity index (χ2n) is 5.05. The van der Waals surface area contributed by atoms with Crippen LogP contribution in [0.1, 0.15) is 19.3 Å². The van der Waals surface area contributed by atoms with E-state index in [2.05, 4.69) is 20.8 Å². The second kappa shape index (κ2) is 4.81. The molecule has 0 aromatic carbocycles. The maximum Gasteiger partial charge on any atom is 0.321 e. The third kappa shape index (κ3) is 2.08. The van der Waals surface area contributed by atoms with Crippen molar-refractivity contribution < 1.29 is 9.90 Å². The number of rotatable bonds is 3. The molecular weight excluding hydrogens is 252 g/mol. The van der Waals surface area contributed by atoms with Crippen LogP contribution in [-0.2, 0) is 0 Å². The number of aliphatic hydroxyl groups is 1. The first-order chi connectivity index (χ1) is 8.78. The molecule has 3 N–H and O–H groups in total. The zero-order valence-electron chi connectivity index (χ0n) is 9.87. The quantitative estimate of drug-likeness (QED) is 0.765. The summed E-state index contributed by atoms with van der Waals surface area (Å²) in [4.78, 5) is 11.8. The summed E-state index contributed by atoms with van der Waals surface area (Å²) >= 11 is 1.29. The molecule has 2 amide bonds. The predicted molar refractivity (Wildman–Crippen MR) is 67.3 cm³/mol. The normalized spacial score (nSPS) is 33.6. The fourth-order valence-electron chi connectivity index (χ4n) is 3.41. The number of amides is 2. The van der Waals surface area contributed by atoms with Crippen LogP contribution in [0.25, 0.3) is 0 Å². The number of fused-ring (bicyclic) bond motifs is 2. The van der Waals surface area contributed by atoms with Gasteiger partial charge in [-0.15, -0.1) is 10.2 Å². The van der Waals surface area contributed by atoms with E-state index < -0.39 is 0 Å². The van der Waals surface area contributed by atoms with Gasteiger partial charge in [0.2, 0.25) is 5.13 Å². The predicted octanol–water partition coefficient (Wildman–Crippen LogP) is 1.07. The van der Waals surface area contributed by atoms with Gasteiger partial charge in [0.25, 0.3) is 0 Å². The van der Waals surface area contributed by atoms with E-state index in [1.54, 1.807) is 5.51 Å². The highest BCUT2D eigenvalue weighted by Gasteiger charge is 2.47. The molecule has 0 radical (unpaired) electrons. The van der Waals surface area contributed by atoms with Crippen LogP contribution in [0, 0.1) is 17.8 Å². The average Bonchev–Trinajstić information content (AvgIpc) is 3.04. The molecule has 1 aromatic rings. The number of urea groups is 1. The number of hydrogen-bond acceptors (Lipinski definition) is 5. The molecular formula is C11H16N4O2S. The van der Waals surface area contributed by atoms with Gasteiger partial charge in [-0.2, -0.15) is 0 Å². The van der Waals surface area contributed by atoms with Gasteiger partial charge in [-0.25, -0.2) is 4.79 Å². The molecule has 1 aromatic heterocycles. The lowest BCUT2D eigenvalue weighted by Gasteiger charge is -2.30. The van der Waals surface area contributed by atoms with Crippen LogP contribution in [0.3, 0.4) is 0 Å². The molecule has 0 spiro atoms. The molecule has 4 atom stereocenters. The molecule has 2 fully saturated rings. The molecule has 2 saturated carbocycles. The Morgan fingerprint density at radius 1 is 1.50 bits per heavy atom. The standard InChI is InChI=1S/C11H16N4O2S/c16-4-8-6-1-2-7(3-6)9(8)13-10(17)14-11-15-12-5-18-11/h5-9,16H,1-4H2,(H2,13,14,15,17)/t6-,7-,8+,9+/m0/s1. The number of aromatic nitrogens is 2. The summed E-state index contributed by atoms with van der Waals surface area (Å²) in [5, 5.41) is 23.0. The second-order valence-corrected chi connectivity index (χ2v) is 5.88. The molecule has 0 unspecified atom stereocenters. The summed E-state index contributed by atoms with van der Waals surface area (Å²) in [6, 6.07) is -0.149. The van der Waals surface area contributed by atoms with Crippen molar-refractivity contribution in [3.63, 3.8) is 0 Å². The van der Waals surface area contributed by atoms with Crippen molar-refractivity contribution in [3.05, 3.63) is 5.51 Å². The lowest BCUT2D eigenvalue weighted by Crippen LogP contribution is -2.46. The Hall–Kier alpha value is -1.21. The largest absolute Gasteiger partial charge is 0.396 e. The smallest absolute Gasteiger partial charge is 0.321 e. The summed E-state index contributed by atoms with van der Waals surface area (Å²) in [5.74, 6) is 1.31. The van der Waals surface area contributed by atoms with Crippen LogP contribution in [0.15, 0.2) is 5.51 Å². The highest BCUT2D eigenvalue weighted by molar-refractivity contribution is 7.13. The molecule has 0 saturated heterocycles. The van der Waals surface area contributed by atoms with E-state index in [0.29, 0.717) is 17.0 Å². The van der Waals surface area contributed by atoms with Crippen molar-refractivity contribution in [2.45, 2.75) is 25.3 Å². The van der Waals surface area contributed by atoms with Gasteiger partial charge in [0.05, 0.1) is 0 Å². The zero-order valence-corrected chi connectivity index (χ0v) is 10.7. The molecule has 98 valence electrons. The Balaban J connectivity index is 1.60. The minimum atomic E-state index is -0.247. The minimum Gasteiger partial charge on any atom is -0.396 e. The SMILES string of the molecule is O=C(Nc1nncs1)N[C@@H]1[C@H]2CC[C@@H](C2)[C@H]1CO. The van der Waals surface area contributed by atoms with Gasteiger partial charge >= 0.3 is 6.03 Å². The molecule has 1 heterocycles. The Morgan fingerprint density at radius 3 is 3.06 bits per heavy atom. The van der Waals surface area contributed by atoms with E-state index in [-0.39, 0.29) is 24.6 Å². The van der Waals surface area contributed by atoms with Crippen LogP contribution >= 0.6 is 11.3 Å². The van der Waals surface area contributed by atoms with Crippen LogP contribution in [-0.4, -0.2) is 34.0 Å². The van der Waals surface area contributed by atoms with Crippen molar-refractivity contribution in [1.82, 2.24) is 15.5 Å². The van der Waals surface area contributed by atoms with Gasteiger partial charge in [-0.05, 0) is 31.1 Å². The molecule has 7 heteroatoms. The monoisotopic (exact) mass is 268 g/mol. The first kappa shape index (κ1) is 11.9. The fourth-order valence-corrected chi connectivity index (χ4v) is 3.85. The van der Waals surface area contributed by atoms with Gasteiger partial charge in [-0.3, -0.25) is 5.32 Å². The van der Waals surface area contributed by atoms with Crippen molar-refractivity contribution >= 4 is 22.5 Å². The van der Waals surface area contributed by atoms with Gasteiger partial charge in [-0.1, -0.05) is 11.3 Å². The highest BCUT2D eigenvalue weighted by Crippen LogP contribution is 2.48. The molecule has 2 bridgehead atoms. The van der Waals surface area contributed by atoms with Crippen molar-refractivity contribution in [2.24, 2.45) is 17.8 Å². The van der Waals surface area contributed by atoms with E-state index in [9.17, 15) is 9.90 Å². The average molecular weight is 268 g/mol. The maximum atomic E-state index is 11.8.